The summed E-state index contributed by atoms with van der Waals surface area (Å²) in [5.41, 5.74) is -0.873. The van der Waals surface area contributed by atoms with Gasteiger partial charge in [-0.3, -0.25) is 9.59 Å². The molecule has 0 aliphatic carbocycles. The molecule has 0 radical (unpaired) electrons. The summed E-state index contributed by atoms with van der Waals surface area (Å²) in [5, 5.41) is -0.453. The minimum absolute atomic E-state index is 0.0113. The van der Waals surface area contributed by atoms with Gasteiger partial charge in [0.1, 0.15) is 18.2 Å². The third kappa shape index (κ3) is 4.72. The molecule has 1 aliphatic rings. The summed E-state index contributed by atoms with van der Waals surface area (Å²) >= 11 is 5.83. The number of benzene rings is 2. The van der Waals surface area contributed by atoms with Crippen LogP contribution in [0, 0.1) is 11.6 Å². The second kappa shape index (κ2) is 8.59. The Morgan fingerprint density at radius 3 is 2.47 bits per heavy atom. The van der Waals surface area contributed by atoms with Crippen LogP contribution >= 0.6 is 11.6 Å². The Balaban J connectivity index is 1.63. The standard InChI is InChI=1S/C20H16ClF5N2O2/c21-19-12(2-1-3-14(19)20(24,25)26)4-7-17(29)27-8-9-28(18(30)11-27)16-6-5-13(22)10-15(16)23/h1-3,5-6,10H,4,7-9,11H2. The zero-order valence-corrected chi connectivity index (χ0v) is 16.2. The average molecular weight is 447 g/mol. The molecule has 0 N–H and O–H groups in total. The summed E-state index contributed by atoms with van der Waals surface area (Å²) in [6.45, 7) is -0.193. The molecule has 1 aliphatic heterocycles. The van der Waals surface area contributed by atoms with Crippen LogP contribution in [0.5, 0.6) is 0 Å². The van der Waals surface area contributed by atoms with Crippen LogP contribution in [-0.2, 0) is 22.2 Å². The number of carbonyl (C=O) groups excluding carboxylic acids is 2. The molecule has 2 aromatic rings. The molecule has 10 heteroatoms. The van der Waals surface area contributed by atoms with Crippen molar-refractivity contribution in [3.8, 4) is 0 Å². The van der Waals surface area contributed by atoms with Crippen molar-refractivity contribution in [3.05, 3.63) is 64.2 Å². The maximum Gasteiger partial charge on any atom is 0.417 e. The van der Waals surface area contributed by atoms with Gasteiger partial charge in [0.05, 0.1) is 16.3 Å². The van der Waals surface area contributed by atoms with Gasteiger partial charge in [-0.25, -0.2) is 8.78 Å². The molecule has 1 saturated heterocycles. The van der Waals surface area contributed by atoms with E-state index in [1.807, 2.05) is 0 Å². The van der Waals surface area contributed by atoms with Crippen LogP contribution in [0.15, 0.2) is 36.4 Å². The van der Waals surface area contributed by atoms with E-state index in [0.29, 0.717) is 6.07 Å². The second-order valence-electron chi connectivity index (χ2n) is 6.73. The lowest BCUT2D eigenvalue weighted by Gasteiger charge is -2.34. The van der Waals surface area contributed by atoms with Gasteiger partial charge in [-0.15, -0.1) is 0 Å². The van der Waals surface area contributed by atoms with Crippen LogP contribution < -0.4 is 4.90 Å². The smallest absolute Gasteiger partial charge is 0.332 e. The first-order chi connectivity index (χ1) is 14.1. The highest BCUT2D eigenvalue weighted by Crippen LogP contribution is 2.36. The molecular formula is C20H16ClF5N2O2. The SMILES string of the molecule is O=C(CCc1cccc(C(F)(F)F)c1Cl)N1CCN(c2ccc(F)cc2F)C(=O)C1. The van der Waals surface area contributed by atoms with Gasteiger partial charge >= 0.3 is 6.18 Å². The van der Waals surface area contributed by atoms with Gasteiger partial charge in [0.2, 0.25) is 11.8 Å². The fraction of sp³-hybridized carbons (Fsp3) is 0.300. The molecule has 0 aromatic heterocycles. The van der Waals surface area contributed by atoms with Gasteiger partial charge in [0, 0.05) is 25.6 Å². The van der Waals surface area contributed by atoms with Crippen LogP contribution in [0.25, 0.3) is 0 Å². The van der Waals surface area contributed by atoms with E-state index in [1.54, 1.807) is 0 Å². The quantitative estimate of drug-likeness (QED) is 0.651. The Labute approximate surface area is 173 Å². The van der Waals surface area contributed by atoms with Gasteiger partial charge in [-0.2, -0.15) is 13.2 Å². The average Bonchev–Trinajstić information content (AvgIpc) is 2.66. The molecule has 1 heterocycles. The van der Waals surface area contributed by atoms with Gasteiger partial charge in [-0.05, 0) is 30.2 Å². The number of halogens is 6. The summed E-state index contributed by atoms with van der Waals surface area (Å²) in [7, 11) is 0. The number of hydrogen-bond donors (Lipinski definition) is 0. The van der Waals surface area contributed by atoms with Crippen molar-refractivity contribution in [1.29, 1.82) is 0 Å². The normalized spacial score (nSPS) is 14.9. The fourth-order valence-electron chi connectivity index (χ4n) is 3.23. The highest BCUT2D eigenvalue weighted by atomic mass is 35.5. The van der Waals surface area contributed by atoms with E-state index in [4.69, 9.17) is 11.6 Å². The highest BCUT2D eigenvalue weighted by Gasteiger charge is 2.34. The molecule has 0 saturated carbocycles. The first-order valence-corrected chi connectivity index (χ1v) is 9.33. The zero-order valence-electron chi connectivity index (χ0n) is 15.5. The van der Waals surface area contributed by atoms with Gasteiger partial charge in [-0.1, -0.05) is 23.7 Å². The van der Waals surface area contributed by atoms with Crippen molar-refractivity contribution in [1.82, 2.24) is 4.90 Å². The largest absolute Gasteiger partial charge is 0.417 e. The minimum Gasteiger partial charge on any atom is -0.332 e. The fourth-order valence-corrected chi connectivity index (χ4v) is 3.56. The van der Waals surface area contributed by atoms with E-state index in [-0.39, 0.29) is 43.7 Å². The molecule has 0 atom stereocenters. The molecule has 0 spiro atoms. The van der Waals surface area contributed by atoms with Crippen LogP contribution in [0.4, 0.5) is 27.6 Å². The number of carbonyl (C=O) groups is 2. The molecule has 0 unspecified atom stereocenters. The topological polar surface area (TPSA) is 40.6 Å². The van der Waals surface area contributed by atoms with Gasteiger partial charge in [0.25, 0.3) is 0 Å². The number of nitrogens with zero attached hydrogens (tertiary/aromatic N) is 2. The van der Waals surface area contributed by atoms with E-state index >= 15 is 0 Å². The number of anilines is 1. The number of amides is 2. The predicted octanol–water partition coefficient (Wildman–Crippen LogP) is 4.45. The molecule has 4 nitrogen and oxygen atoms in total. The first kappa shape index (κ1) is 22.0. The van der Waals surface area contributed by atoms with E-state index in [1.165, 1.54) is 17.0 Å². The number of hydrogen-bond acceptors (Lipinski definition) is 2. The molecule has 160 valence electrons. The molecule has 1 fully saturated rings. The first-order valence-electron chi connectivity index (χ1n) is 8.95. The highest BCUT2D eigenvalue weighted by molar-refractivity contribution is 6.32. The third-order valence-electron chi connectivity index (χ3n) is 4.77. The predicted molar refractivity (Wildman–Crippen MR) is 100 cm³/mol. The Kier molecular flexibility index (Phi) is 6.30. The van der Waals surface area contributed by atoms with Crippen molar-refractivity contribution in [3.63, 3.8) is 0 Å². The van der Waals surface area contributed by atoms with Gasteiger partial charge < -0.3 is 9.80 Å². The van der Waals surface area contributed by atoms with Crippen LogP contribution in [0.3, 0.4) is 0 Å². The van der Waals surface area contributed by atoms with Crippen LogP contribution in [0.2, 0.25) is 5.02 Å². The summed E-state index contributed by atoms with van der Waals surface area (Å²) in [5.74, 6) is -2.64. The summed E-state index contributed by atoms with van der Waals surface area (Å²) in [6.07, 6.45) is -4.77. The number of rotatable bonds is 4. The molecule has 2 amide bonds. The van der Waals surface area contributed by atoms with Crippen molar-refractivity contribution < 1.29 is 31.5 Å². The van der Waals surface area contributed by atoms with E-state index in [9.17, 15) is 31.5 Å². The number of alkyl halides is 3. The summed E-state index contributed by atoms with van der Waals surface area (Å²) in [6, 6.07) is 6.33. The Bertz CT molecular complexity index is 980. The van der Waals surface area contributed by atoms with Crippen molar-refractivity contribution >= 4 is 29.1 Å². The number of piperazine rings is 1. The lowest BCUT2D eigenvalue weighted by molar-refractivity contribution is -0.137. The molecule has 2 aromatic carbocycles. The van der Waals surface area contributed by atoms with Gasteiger partial charge in [0.15, 0.2) is 0 Å². The Morgan fingerprint density at radius 1 is 1.10 bits per heavy atom. The zero-order chi connectivity index (χ0) is 22.1. The minimum atomic E-state index is -4.60. The molecule has 3 rings (SSSR count). The second-order valence-corrected chi connectivity index (χ2v) is 7.11. The van der Waals surface area contributed by atoms with E-state index in [2.05, 4.69) is 0 Å². The summed E-state index contributed by atoms with van der Waals surface area (Å²) in [4.78, 5) is 27.2. The third-order valence-corrected chi connectivity index (χ3v) is 5.21. The van der Waals surface area contributed by atoms with E-state index < -0.39 is 40.2 Å². The lowest BCUT2D eigenvalue weighted by Crippen LogP contribution is -2.52. The van der Waals surface area contributed by atoms with Crippen LogP contribution in [-0.4, -0.2) is 36.3 Å². The molecular weight excluding hydrogens is 431 g/mol. The maximum absolute atomic E-state index is 13.9. The van der Waals surface area contributed by atoms with E-state index in [0.717, 1.165) is 23.1 Å². The Morgan fingerprint density at radius 2 is 1.83 bits per heavy atom. The lowest BCUT2D eigenvalue weighted by atomic mass is 10.0. The van der Waals surface area contributed by atoms with Crippen molar-refractivity contribution in [2.45, 2.75) is 19.0 Å². The maximum atomic E-state index is 13.9. The van der Waals surface area contributed by atoms with Crippen molar-refractivity contribution in [2.75, 3.05) is 24.5 Å². The summed E-state index contributed by atoms with van der Waals surface area (Å²) < 4.78 is 65.8. The molecule has 30 heavy (non-hydrogen) atoms. The van der Waals surface area contributed by atoms with Crippen LogP contribution in [0.1, 0.15) is 17.5 Å². The molecule has 0 bridgehead atoms. The number of aryl methyl sites for hydroxylation is 1. The Hall–Kier alpha value is -2.68. The monoisotopic (exact) mass is 446 g/mol. The van der Waals surface area contributed by atoms with Crippen molar-refractivity contribution in [2.24, 2.45) is 0 Å².